The first kappa shape index (κ1) is 16.9. The molecule has 5 heteroatoms. The van der Waals surface area contributed by atoms with Crippen LogP contribution in [0.15, 0.2) is 6.07 Å². The second kappa shape index (κ2) is 7.77. The Labute approximate surface area is 143 Å². The molecule has 1 aliphatic carbocycles. The van der Waals surface area contributed by atoms with Gasteiger partial charge in [-0.15, -0.1) is 11.3 Å². The molecule has 2 aliphatic rings. The number of rotatable bonds is 7. The molecular formula is C18H28N2O2S. The average Bonchev–Trinajstić information content (AvgIpc) is 3.20. The standard InChI is InChI=1S/C18H28N2O2S/c1-13(2)22-9-5-8-19-18(21)16-10-14-11-20(12-17(14)23-16)15-6-3-4-7-15/h10,13,15H,3-9,11-12H2,1-2H3,(H,19,21). The van der Waals surface area contributed by atoms with Crippen molar-refractivity contribution in [1.29, 1.82) is 0 Å². The number of amides is 1. The molecule has 1 fully saturated rings. The van der Waals surface area contributed by atoms with Crippen LogP contribution in [-0.2, 0) is 17.8 Å². The number of fused-ring (bicyclic) bond motifs is 1. The fourth-order valence-corrected chi connectivity index (χ4v) is 4.63. The summed E-state index contributed by atoms with van der Waals surface area (Å²) in [6.07, 6.45) is 6.58. The number of nitrogens with zero attached hydrogens (tertiary/aromatic N) is 1. The zero-order chi connectivity index (χ0) is 16.2. The van der Waals surface area contributed by atoms with Gasteiger partial charge in [0.2, 0.25) is 0 Å². The topological polar surface area (TPSA) is 41.6 Å². The molecule has 0 bridgehead atoms. The van der Waals surface area contributed by atoms with Crippen LogP contribution in [0.3, 0.4) is 0 Å². The van der Waals surface area contributed by atoms with Gasteiger partial charge in [-0.2, -0.15) is 0 Å². The summed E-state index contributed by atoms with van der Waals surface area (Å²) < 4.78 is 5.49. The summed E-state index contributed by atoms with van der Waals surface area (Å²) in [6, 6.07) is 2.88. The van der Waals surface area contributed by atoms with E-state index in [2.05, 4.69) is 16.3 Å². The van der Waals surface area contributed by atoms with Gasteiger partial charge < -0.3 is 10.1 Å². The molecular weight excluding hydrogens is 308 g/mol. The van der Waals surface area contributed by atoms with Gasteiger partial charge in [0.1, 0.15) is 0 Å². The van der Waals surface area contributed by atoms with E-state index in [-0.39, 0.29) is 12.0 Å². The molecule has 128 valence electrons. The Morgan fingerprint density at radius 2 is 2.17 bits per heavy atom. The first-order valence-corrected chi connectivity index (χ1v) is 9.70. The largest absolute Gasteiger partial charge is 0.379 e. The lowest BCUT2D eigenvalue weighted by Crippen LogP contribution is -2.28. The van der Waals surface area contributed by atoms with E-state index in [9.17, 15) is 4.79 Å². The van der Waals surface area contributed by atoms with Crippen molar-refractivity contribution in [3.8, 4) is 0 Å². The summed E-state index contributed by atoms with van der Waals surface area (Å²) in [7, 11) is 0. The SMILES string of the molecule is CC(C)OCCCNC(=O)c1cc2c(s1)CN(C1CCCC1)C2. The Kier molecular flexibility index (Phi) is 5.72. The first-order valence-electron chi connectivity index (χ1n) is 8.89. The van der Waals surface area contributed by atoms with Crippen LogP contribution in [0.2, 0.25) is 0 Å². The zero-order valence-electron chi connectivity index (χ0n) is 14.3. The molecule has 4 nitrogen and oxygen atoms in total. The summed E-state index contributed by atoms with van der Waals surface area (Å²) in [5.74, 6) is 0.0707. The summed E-state index contributed by atoms with van der Waals surface area (Å²) in [6.45, 7) is 7.52. The number of thiophene rings is 1. The smallest absolute Gasteiger partial charge is 0.261 e. The average molecular weight is 337 g/mol. The predicted octanol–water partition coefficient (Wildman–Crippen LogP) is 3.55. The van der Waals surface area contributed by atoms with Crippen LogP contribution in [-0.4, -0.2) is 36.1 Å². The minimum atomic E-state index is 0.0707. The molecule has 1 amide bonds. The number of carbonyl (C=O) groups excluding carboxylic acids is 1. The molecule has 1 N–H and O–H groups in total. The number of carbonyl (C=O) groups is 1. The molecule has 23 heavy (non-hydrogen) atoms. The minimum Gasteiger partial charge on any atom is -0.379 e. The number of hydrogen-bond acceptors (Lipinski definition) is 4. The van der Waals surface area contributed by atoms with Crippen molar-refractivity contribution in [1.82, 2.24) is 10.2 Å². The highest BCUT2D eigenvalue weighted by atomic mass is 32.1. The number of ether oxygens (including phenoxy) is 1. The Hall–Kier alpha value is -0.910. The fourth-order valence-electron chi connectivity index (χ4n) is 3.51. The van der Waals surface area contributed by atoms with Gasteiger partial charge in [-0.25, -0.2) is 0 Å². The molecule has 0 radical (unpaired) electrons. The van der Waals surface area contributed by atoms with Crippen molar-refractivity contribution in [3.63, 3.8) is 0 Å². The molecule has 0 spiro atoms. The van der Waals surface area contributed by atoms with E-state index in [0.717, 1.165) is 30.4 Å². The van der Waals surface area contributed by atoms with Gasteiger partial charge in [0.05, 0.1) is 11.0 Å². The lowest BCUT2D eigenvalue weighted by Gasteiger charge is -2.22. The van der Waals surface area contributed by atoms with E-state index in [1.165, 1.54) is 36.1 Å². The molecule has 1 aromatic rings. The van der Waals surface area contributed by atoms with Crippen LogP contribution in [0.1, 0.15) is 66.1 Å². The van der Waals surface area contributed by atoms with Crippen molar-refractivity contribution < 1.29 is 9.53 Å². The van der Waals surface area contributed by atoms with Crippen molar-refractivity contribution in [2.75, 3.05) is 13.2 Å². The van der Waals surface area contributed by atoms with Gasteiger partial charge in [-0.3, -0.25) is 9.69 Å². The first-order chi connectivity index (χ1) is 11.1. The van der Waals surface area contributed by atoms with Crippen molar-refractivity contribution in [3.05, 3.63) is 21.4 Å². The van der Waals surface area contributed by atoms with E-state index in [1.807, 2.05) is 13.8 Å². The lowest BCUT2D eigenvalue weighted by atomic mass is 10.2. The van der Waals surface area contributed by atoms with E-state index in [0.29, 0.717) is 13.2 Å². The van der Waals surface area contributed by atoms with Crippen LogP contribution >= 0.6 is 11.3 Å². The molecule has 0 aromatic carbocycles. The highest BCUT2D eigenvalue weighted by Gasteiger charge is 2.30. The third-order valence-corrected chi connectivity index (χ3v) is 5.90. The zero-order valence-corrected chi connectivity index (χ0v) is 15.1. The summed E-state index contributed by atoms with van der Waals surface area (Å²) in [5, 5.41) is 3.01. The second-order valence-corrected chi connectivity index (χ2v) is 8.07. The van der Waals surface area contributed by atoms with Crippen molar-refractivity contribution in [2.24, 2.45) is 0 Å². The molecule has 1 aliphatic heterocycles. The third kappa shape index (κ3) is 4.34. The highest BCUT2D eigenvalue weighted by molar-refractivity contribution is 7.14. The van der Waals surface area contributed by atoms with Crippen molar-refractivity contribution >= 4 is 17.2 Å². The second-order valence-electron chi connectivity index (χ2n) is 6.93. The highest BCUT2D eigenvalue weighted by Crippen LogP contribution is 2.35. The van der Waals surface area contributed by atoms with Gasteiger partial charge in [-0.1, -0.05) is 12.8 Å². The summed E-state index contributed by atoms with van der Waals surface area (Å²) >= 11 is 1.68. The van der Waals surface area contributed by atoms with Gasteiger partial charge >= 0.3 is 0 Å². The fraction of sp³-hybridized carbons (Fsp3) is 0.722. The van der Waals surface area contributed by atoms with E-state index in [1.54, 1.807) is 11.3 Å². The van der Waals surface area contributed by atoms with E-state index < -0.39 is 0 Å². The maximum Gasteiger partial charge on any atom is 0.261 e. The van der Waals surface area contributed by atoms with E-state index >= 15 is 0 Å². The van der Waals surface area contributed by atoms with Gasteiger partial charge in [0, 0.05) is 37.2 Å². The lowest BCUT2D eigenvalue weighted by molar-refractivity contribution is 0.0757. The van der Waals surface area contributed by atoms with Crippen LogP contribution < -0.4 is 5.32 Å². The molecule has 2 heterocycles. The normalized spacial score (nSPS) is 18.7. The molecule has 1 saturated carbocycles. The Bertz CT molecular complexity index is 512. The summed E-state index contributed by atoms with van der Waals surface area (Å²) in [5.41, 5.74) is 1.37. The molecule has 0 atom stereocenters. The van der Waals surface area contributed by atoms with Crippen LogP contribution in [0.25, 0.3) is 0 Å². The Balaban J connectivity index is 1.44. The predicted molar refractivity (Wildman–Crippen MR) is 93.9 cm³/mol. The maximum atomic E-state index is 12.2. The van der Waals surface area contributed by atoms with Gasteiger partial charge in [0.15, 0.2) is 0 Å². The Morgan fingerprint density at radius 1 is 1.39 bits per heavy atom. The van der Waals surface area contributed by atoms with Gasteiger partial charge in [0.25, 0.3) is 5.91 Å². The molecule has 0 saturated heterocycles. The number of nitrogens with one attached hydrogen (secondary N) is 1. The molecule has 3 rings (SSSR count). The van der Waals surface area contributed by atoms with Crippen molar-refractivity contribution in [2.45, 2.75) is 71.2 Å². The Morgan fingerprint density at radius 3 is 2.87 bits per heavy atom. The van der Waals surface area contributed by atoms with E-state index in [4.69, 9.17) is 4.74 Å². The van der Waals surface area contributed by atoms with Gasteiger partial charge in [-0.05, 0) is 44.7 Å². The van der Waals surface area contributed by atoms with Crippen LogP contribution in [0, 0.1) is 0 Å². The molecule has 0 unspecified atom stereocenters. The van der Waals surface area contributed by atoms with Crippen LogP contribution in [0.4, 0.5) is 0 Å². The van der Waals surface area contributed by atoms with Crippen LogP contribution in [0.5, 0.6) is 0 Å². The number of hydrogen-bond donors (Lipinski definition) is 1. The maximum absolute atomic E-state index is 12.2. The minimum absolute atomic E-state index is 0.0707. The third-order valence-electron chi connectivity index (χ3n) is 4.74. The summed E-state index contributed by atoms with van der Waals surface area (Å²) in [4.78, 5) is 17.1. The monoisotopic (exact) mass is 336 g/mol. The quantitative estimate of drug-likeness (QED) is 0.774. The molecule has 1 aromatic heterocycles.